The van der Waals surface area contributed by atoms with Gasteiger partial charge in [-0.3, -0.25) is 9.58 Å². The predicted molar refractivity (Wildman–Crippen MR) is 79.2 cm³/mol. The Bertz CT molecular complexity index is 453. The summed E-state index contributed by atoms with van der Waals surface area (Å²) in [6.07, 6.45) is 6.93. The molecule has 1 N–H and O–H groups in total. The summed E-state index contributed by atoms with van der Waals surface area (Å²) >= 11 is 0. The lowest BCUT2D eigenvalue weighted by Crippen LogP contribution is -2.63. The Morgan fingerprint density at radius 3 is 2.85 bits per heavy atom. The van der Waals surface area contributed by atoms with Gasteiger partial charge in [0.05, 0.1) is 6.54 Å². The number of rotatable bonds is 5. The van der Waals surface area contributed by atoms with Gasteiger partial charge in [-0.15, -0.1) is 0 Å². The van der Waals surface area contributed by atoms with Gasteiger partial charge in [0.15, 0.2) is 0 Å². The van der Waals surface area contributed by atoms with Crippen LogP contribution in [-0.2, 0) is 13.6 Å². The molecule has 0 bridgehead atoms. The van der Waals surface area contributed by atoms with Crippen LogP contribution in [0.3, 0.4) is 0 Å². The second kappa shape index (κ2) is 5.45. The number of nitrogens with zero attached hydrogens (tertiary/aromatic N) is 4. The molecule has 2 aliphatic rings. The summed E-state index contributed by atoms with van der Waals surface area (Å²) in [5.74, 6) is 1.94. The first kappa shape index (κ1) is 14.0. The van der Waals surface area contributed by atoms with Crippen LogP contribution in [-0.4, -0.2) is 44.3 Å². The Balaban J connectivity index is 1.73. The quantitative estimate of drug-likeness (QED) is 0.887. The van der Waals surface area contributed by atoms with E-state index in [0.717, 1.165) is 31.4 Å². The van der Waals surface area contributed by atoms with Crippen LogP contribution in [0.4, 0.5) is 0 Å². The van der Waals surface area contributed by atoms with Crippen molar-refractivity contribution in [2.75, 3.05) is 13.1 Å². The van der Waals surface area contributed by atoms with Crippen molar-refractivity contribution in [3.05, 3.63) is 12.2 Å². The lowest BCUT2D eigenvalue weighted by atomic mass is 9.90. The van der Waals surface area contributed by atoms with Crippen LogP contribution in [0.25, 0.3) is 0 Å². The summed E-state index contributed by atoms with van der Waals surface area (Å²) in [6.45, 7) is 7.84. The maximum Gasteiger partial charge on any atom is 0.140 e. The second-order valence-corrected chi connectivity index (χ2v) is 6.72. The molecule has 2 fully saturated rings. The van der Waals surface area contributed by atoms with E-state index in [2.05, 4.69) is 34.1 Å². The monoisotopic (exact) mass is 277 g/mol. The van der Waals surface area contributed by atoms with Gasteiger partial charge in [0.2, 0.25) is 0 Å². The van der Waals surface area contributed by atoms with Crippen molar-refractivity contribution >= 4 is 0 Å². The zero-order valence-corrected chi connectivity index (χ0v) is 13.0. The Kier molecular flexibility index (Phi) is 3.82. The van der Waals surface area contributed by atoms with Crippen molar-refractivity contribution in [2.45, 2.75) is 57.7 Å². The average molecular weight is 277 g/mol. The summed E-state index contributed by atoms with van der Waals surface area (Å²) in [4.78, 5) is 7.03. The van der Waals surface area contributed by atoms with Gasteiger partial charge in [-0.25, -0.2) is 4.98 Å². The number of aryl methyl sites for hydroxylation is 1. The van der Waals surface area contributed by atoms with Crippen LogP contribution in [0.5, 0.6) is 0 Å². The number of hydrogen-bond acceptors (Lipinski definition) is 4. The lowest BCUT2D eigenvalue weighted by molar-refractivity contribution is 0.0609. The molecule has 20 heavy (non-hydrogen) atoms. The molecule has 0 amide bonds. The highest BCUT2D eigenvalue weighted by atomic mass is 15.3. The lowest BCUT2D eigenvalue weighted by Gasteiger charge is -2.46. The van der Waals surface area contributed by atoms with Crippen LogP contribution >= 0.6 is 0 Å². The first-order chi connectivity index (χ1) is 9.62. The maximum atomic E-state index is 4.40. The summed E-state index contributed by atoms with van der Waals surface area (Å²) in [7, 11) is 1.99. The SMILES string of the molecule is CCCC1CNC(C)(C2CC2)CN1Cc1ncnn1C. The number of piperazine rings is 1. The molecule has 2 heterocycles. The highest BCUT2D eigenvalue weighted by molar-refractivity contribution is 5.04. The molecule has 0 spiro atoms. The van der Waals surface area contributed by atoms with Crippen molar-refractivity contribution < 1.29 is 0 Å². The molecule has 0 aromatic carbocycles. The summed E-state index contributed by atoms with van der Waals surface area (Å²) in [6, 6.07) is 0.628. The zero-order valence-electron chi connectivity index (χ0n) is 13.0. The Hall–Kier alpha value is -0.940. The Morgan fingerprint density at radius 2 is 2.25 bits per heavy atom. The van der Waals surface area contributed by atoms with Crippen LogP contribution in [0.1, 0.15) is 45.4 Å². The van der Waals surface area contributed by atoms with Gasteiger partial charge in [-0.05, 0) is 32.1 Å². The normalized spacial score (nSPS) is 31.6. The van der Waals surface area contributed by atoms with E-state index in [1.54, 1.807) is 6.33 Å². The smallest absolute Gasteiger partial charge is 0.140 e. The van der Waals surface area contributed by atoms with Crippen LogP contribution in [0.2, 0.25) is 0 Å². The van der Waals surface area contributed by atoms with Gasteiger partial charge in [0.25, 0.3) is 0 Å². The van der Waals surface area contributed by atoms with Crippen molar-refractivity contribution in [3.8, 4) is 0 Å². The summed E-state index contributed by atoms with van der Waals surface area (Å²) in [5, 5.41) is 8.03. The van der Waals surface area contributed by atoms with E-state index in [4.69, 9.17) is 0 Å². The highest BCUT2D eigenvalue weighted by Crippen LogP contribution is 2.41. The van der Waals surface area contributed by atoms with E-state index in [9.17, 15) is 0 Å². The molecular formula is C15H27N5. The van der Waals surface area contributed by atoms with E-state index in [0.29, 0.717) is 11.6 Å². The molecule has 3 rings (SSSR count). The van der Waals surface area contributed by atoms with Crippen LogP contribution in [0, 0.1) is 5.92 Å². The largest absolute Gasteiger partial charge is 0.308 e. The fourth-order valence-corrected chi connectivity index (χ4v) is 3.53. The summed E-state index contributed by atoms with van der Waals surface area (Å²) < 4.78 is 1.90. The standard InChI is InChI=1S/C15H27N5/c1-4-5-13-8-17-15(2,12-6-7-12)10-20(13)9-14-16-11-18-19(14)3/h11-13,17H,4-10H2,1-3H3. The molecule has 1 aliphatic heterocycles. The van der Waals surface area contributed by atoms with E-state index >= 15 is 0 Å². The van der Waals surface area contributed by atoms with E-state index in [-0.39, 0.29) is 0 Å². The molecule has 1 saturated heterocycles. The topological polar surface area (TPSA) is 46.0 Å². The molecule has 1 aliphatic carbocycles. The molecular weight excluding hydrogens is 250 g/mol. The minimum absolute atomic E-state index is 0.294. The van der Waals surface area contributed by atoms with Gasteiger partial charge in [-0.1, -0.05) is 13.3 Å². The van der Waals surface area contributed by atoms with Gasteiger partial charge >= 0.3 is 0 Å². The zero-order chi connectivity index (χ0) is 14.2. The molecule has 0 radical (unpaired) electrons. The third-order valence-corrected chi connectivity index (χ3v) is 5.04. The van der Waals surface area contributed by atoms with Crippen LogP contribution < -0.4 is 5.32 Å². The first-order valence-corrected chi connectivity index (χ1v) is 7.94. The van der Waals surface area contributed by atoms with Gasteiger partial charge in [0.1, 0.15) is 12.2 Å². The number of nitrogens with one attached hydrogen (secondary N) is 1. The molecule has 5 nitrogen and oxygen atoms in total. The van der Waals surface area contributed by atoms with Crippen molar-refractivity contribution in [1.82, 2.24) is 25.0 Å². The minimum Gasteiger partial charge on any atom is -0.308 e. The number of hydrogen-bond donors (Lipinski definition) is 1. The maximum absolute atomic E-state index is 4.40. The third kappa shape index (κ3) is 2.74. The minimum atomic E-state index is 0.294. The molecule has 1 aromatic rings. The molecule has 5 heteroatoms. The second-order valence-electron chi connectivity index (χ2n) is 6.72. The van der Waals surface area contributed by atoms with Gasteiger partial charge < -0.3 is 5.32 Å². The first-order valence-electron chi connectivity index (χ1n) is 7.94. The fourth-order valence-electron chi connectivity index (χ4n) is 3.53. The van der Waals surface area contributed by atoms with Crippen molar-refractivity contribution in [2.24, 2.45) is 13.0 Å². The Labute approximate surface area is 121 Å². The summed E-state index contributed by atoms with van der Waals surface area (Å²) in [5.41, 5.74) is 0.294. The molecule has 112 valence electrons. The molecule has 2 atom stereocenters. The third-order valence-electron chi connectivity index (χ3n) is 5.04. The highest BCUT2D eigenvalue weighted by Gasteiger charge is 2.45. The van der Waals surface area contributed by atoms with E-state index in [1.165, 1.54) is 25.7 Å². The Morgan fingerprint density at radius 1 is 1.45 bits per heavy atom. The van der Waals surface area contributed by atoms with E-state index in [1.807, 2.05) is 11.7 Å². The number of aromatic nitrogens is 3. The van der Waals surface area contributed by atoms with Crippen molar-refractivity contribution in [1.29, 1.82) is 0 Å². The van der Waals surface area contributed by atoms with Gasteiger partial charge in [0, 0.05) is 31.7 Å². The van der Waals surface area contributed by atoms with Crippen molar-refractivity contribution in [3.63, 3.8) is 0 Å². The van der Waals surface area contributed by atoms with Crippen LogP contribution in [0.15, 0.2) is 6.33 Å². The van der Waals surface area contributed by atoms with E-state index < -0.39 is 0 Å². The molecule has 1 saturated carbocycles. The average Bonchev–Trinajstić information content (AvgIpc) is 3.20. The fraction of sp³-hybridized carbons (Fsp3) is 0.867. The molecule has 2 unspecified atom stereocenters. The predicted octanol–water partition coefficient (Wildman–Crippen LogP) is 1.56. The molecule has 1 aromatic heterocycles. The van der Waals surface area contributed by atoms with Gasteiger partial charge in [-0.2, -0.15) is 5.10 Å².